The number of nitrogens with zero attached hydrogens (tertiary/aromatic N) is 4. The first-order chi connectivity index (χ1) is 11.5. The summed E-state index contributed by atoms with van der Waals surface area (Å²) in [4.78, 5) is 27.8. The summed E-state index contributed by atoms with van der Waals surface area (Å²) in [5, 5.41) is 1.17. The first-order valence-corrected chi connectivity index (χ1v) is 9.60. The number of aromatic nitrogens is 2. The first kappa shape index (κ1) is 17.1. The molecule has 5 nitrogen and oxygen atoms in total. The van der Waals surface area contributed by atoms with Crippen LogP contribution in [0.2, 0.25) is 0 Å². The van der Waals surface area contributed by atoms with Crippen LogP contribution < -0.4 is 4.90 Å². The van der Waals surface area contributed by atoms with Crippen molar-refractivity contribution in [3.05, 3.63) is 16.8 Å². The zero-order valence-electron chi connectivity index (χ0n) is 15.0. The van der Waals surface area contributed by atoms with E-state index in [0.717, 1.165) is 42.5 Å². The molecule has 0 fully saturated rings. The van der Waals surface area contributed by atoms with E-state index in [0.29, 0.717) is 6.54 Å². The van der Waals surface area contributed by atoms with Gasteiger partial charge in [-0.05, 0) is 44.6 Å². The Morgan fingerprint density at radius 3 is 2.79 bits per heavy atom. The smallest absolute Gasteiger partial charge is 0.242 e. The second-order valence-corrected chi connectivity index (χ2v) is 7.73. The minimum atomic E-state index is 0.145. The van der Waals surface area contributed by atoms with Gasteiger partial charge in [-0.15, -0.1) is 11.3 Å². The van der Waals surface area contributed by atoms with Gasteiger partial charge in [-0.1, -0.05) is 6.92 Å². The van der Waals surface area contributed by atoms with Crippen molar-refractivity contribution in [1.82, 2.24) is 14.9 Å². The number of rotatable bonds is 5. The highest BCUT2D eigenvalue weighted by atomic mass is 32.1. The predicted molar refractivity (Wildman–Crippen MR) is 99.8 cm³/mol. The van der Waals surface area contributed by atoms with Crippen molar-refractivity contribution < 1.29 is 4.79 Å². The highest BCUT2D eigenvalue weighted by Crippen LogP contribution is 2.40. The molecule has 1 atom stereocenters. The molecule has 2 aromatic heterocycles. The molecule has 0 spiro atoms. The van der Waals surface area contributed by atoms with Gasteiger partial charge in [-0.2, -0.15) is 0 Å². The van der Waals surface area contributed by atoms with Gasteiger partial charge < -0.3 is 9.80 Å². The molecule has 2 aromatic rings. The van der Waals surface area contributed by atoms with Crippen molar-refractivity contribution in [2.24, 2.45) is 5.92 Å². The Morgan fingerprint density at radius 1 is 1.33 bits per heavy atom. The van der Waals surface area contributed by atoms with E-state index >= 15 is 0 Å². The van der Waals surface area contributed by atoms with E-state index in [1.165, 1.54) is 22.2 Å². The maximum absolute atomic E-state index is 12.4. The van der Waals surface area contributed by atoms with Gasteiger partial charge in [0.15, 0.2) is 0 Å². The third-order valence-electron chi connectivity index (χ3n) is 4.92. The summed E-state index contributed by atoms with van der Waals surface area (Å²) in [5.74, 6) is 1.78. The number of aryl methyl sites for hydroxylation is 1. The van der Waals surface area contributed by atoms with Gasteiger partial charge in [-0.3, -0.25) is 4.79 Å². The molecule has 0 aliphatic heterocycles. The largest absolute Gasteiger partial charge is 0.350 e. The lowest BCUT2D eigenvalue weighted by Crippen LogP contribution is -2.39. The van der Waals surface area contributed by atoms with Crippen LogP contribution in [-0.2, 0) is 17.6 Å². The monoisotopic (exact) mass is 346 g/mol. The zero-order valence-corrected chi connectivity index (χ0v) is 15.8. The van der Waals surface area contributed by atoms with Crippen LogP contribution in [0.15, 0.2) is 6.33 Å². The highest BCUT2D eigenvalue weighted by Gasteiger charge is 2.25. The van der Waals surface area contributed by atoms with Crippen LogP contribution >= 0.6 is 11.3 Å². The molecule has 0 bridgehead atoms. The average molecular weight is 347 g/mol. The third-order valence-corrected chi connectivity index (χ3v) is 6.08. The van der Waals surface area contributed by atoms with Gasteiger partial charge in [0, 0.05) is 25.0 Å². The van der Waals surface area contributed by atoms with Crippen LogP contribution in [0.25, 0.3) is 10.2 Å². The summed E-state index contributed by atoms with van der Waals surface area (Å²) < 4.78 is 0. The summed E-state index contributed by atoms with van der Waals surface area (Å²) in [6.45, 7) is 8.19. The maximum Gasteiger partial charge on any atom is 0.242 e. The number of carbonyl (C=O) groups is 1. The Labute approximate surface area is 147 Å². The van der Waals surface area contributed by atoms with Crippen LogP contribution in [0.4, 0.5) is 5.82 Å². The number of fused-ring (bicyclic) bond motifs is 3. The van der Waals surface area contributed by atoms with Crippen molar-refractivity contribution in [3.8, 4) is 0 Å². The Morgan fingerprint density at radius 2 is 2.08 bits per heavy atom. The molecule has 0 saturated carbocycles. The van der Waals surface area contributed by atoms with Gasteiger partial charge >= 0.3 is 0 Å². The predicted octanol–water partition coefficient (Wildman–Crippen LogP) is 3.12. The molecular formula is C18H26N4OS. The normalized spacial score (nSPS) is 16.9. The van der Waals surface area contributed by atoms with Crippen LogP contribution in [0, 0.1) is 5.92 Å². The number of carbonyl (C=O) groups excluding carboxylic acids is 1. The van der Waals surface area contributed by atoms with Crippen LogP contribution in [-0.4, -0.2) is 47.5 Å². The summed E-state index contributed by atoms with van der Waals surface area (Å²) in [5.41, 5.74) is 1.41. The molecule has 1 aliphatic carbocycles. The zero-order chi connectivity index (χ0) is 17.3. The van der Waals surface area contributed by atoms with E-state index < -0.39 is 0 Å². The summed E-state index contributed by atoms with van der Waals surface area (Å²) in [6, 6.07) is 0. The Kier molecular flexibility index (Phi) is 5.04. The van der Waals surface area contributed by atoms with Crippen LogP contribution in [0.3, 0.4) is 0 Å². The topological polar surface area (TPSA) is 49.3 Å². The van der Waals surface area contributed by atoms with Gasteiger partial charge in [0.05, 0.1) is 11.9 Å². The Hall–Kier alpha value is -1.69. The molecule has 0 radical (unpaired) electrons. The minimum Gasteiger partial charge on any atom is -0.350 e. The first-order valence-electron chi connectivity index (χ1n) is 8.79. The molecule has 1 aliphatic rings. The lowest BCUT2D eigenvalue weighted by atomic mass is 9.89. The molecule has 6 heteroatoms. The van der Waals surface area contributed by atoms with Crippen molar-refractivity contribution in [2.75, 3.05) is 31.6 Å². The van der Waals surface area contributed by atoms with E-state index in [1.807, 2.05) is 30.7 Å². The summed E-state index contributed by atoms with van der Waals surface area (Å²) >= 11 is 1.80. The molecule has 0 saturated heterocycles. The number of hydrogen-bond donors (Lipinski definition) is 0. The fourth-order valence-corrected chi connectivity index (χ4v) is 4.85. The number of amides is 1. The lowest BCUT2D eigenvalue weighted by Gasteiger charge is -2.24. The molecule has 0 N–H and O–H groups in total. The van der Waals surface area contributed by atoms with Crippen molar-refractivity contribution in [3.63, 3.8) is 0 Å². The molecule has 130 valence electrons. The van der Waals surface area contributed by atoms with Crippen molar-refractivity contribution >= 4 is 33.3 Å². The maximum atomic E-state index is 12.4. The average Bonchev–Trinajstić information content (AvgIpc) is 2.93. The van der Waals surface area contributed by atoms with Gasteiger partial charge in [0.2, 0.25) is 5.91 Å². The van der Waals surface area contributed by atoms with Gasteiger partial charge in [0.25, 0.3) is 0 Å². The number of hydrogen-bond acceptors (Lipinski definition) is 5. The standard InChI is InChI=1S/C18H26N4OS/c1-5-22(6-2)15(23)10-21(4)17-16-13-8-7-12(3)9-14(13)24-18(16)20-11-19-17/h11-12H,5-10H2,1-4H3. The molecule has 24 heavy (non-hydrogen) atoms. The summed E-state index contributed by atoms with van der Waals surface area (Å²) in [7, 11) is 1.96. The molecule has 0 aromatic carbocycles. The molecule has 1 amide bonds. The van der Waals surface area contributed by atoms with E-state index in [9.17, 15) is 4.79 Å². The quantitative estimate of drug-likeness (QED) is 0.835. The van der Waals surface area contributed by atoms with Crippen LogP contribution in [0.5, 0.6) is 0 Å². The Balaban J connectivity index is 1.93. The lowest BCUT2D eigenvalue weighted by molar-refractivity contribution is -0.129. The fourth-order valence-electron chi connectivity index (χ4n) is 3.50. The molecule has 3 rings (SSSR count). The Bertz CT molecular complexity index is 738. The minimum absolute atomic E-state index is 0.145. The SMILES string of the molecule is CCN(CC)C(=O)CN(C)c1ncnc2sc3c(c12)CCC(C)C3. The number of thiophene rings is 1. The van der Waals surface area contributed by atoms with E-state index in [2.05, 4.69) is 16.9 Å². The molecule has 2 heterocycles. The number of anilines is 1. The second kappa shape index (κ2) is 7.05. The molecule has 1 unspecified atom stereocenters. The molecular weight excluding hydrogens is 320 g/mol. The van der Waals surface area contributed by atoms with E-state index in [-0.39, 0.29) is 5.91 Å². The third kappa shape index (κ3) is 3.11. The van der Waals surface area contributed by atoms with E-state index in [1.54, 1.807) is 17.7 Å². The fraction of sp³-hybridized carbons (Fsp3) is 0.611. The van der Waals surface area contributed by atoms with E-state index in [4.69, 9.17) is 0 Å². The number of likely N-dealkylation sites (N-methyl/N-ethyl adjacent to an activating group) is 2. The van der Waals surface area contributed by atoms with Gasteiger partial charge in [-0.25, -0.2) is 9.97 Å². The van der Waals surface area contributed by atoms with Crippen molar-refractivity contribution in [2.45, 2.75) is 40.0 Å². The van der Waals surface area contributed by atoms with Crippen LogP contribution in [0.1, 0.15) is 37.6 Å². The summed E-state index contributed by atoms with van der Waals surface area (Å²) in [6.07, 6.45) is 5.07. The second-order valence-electron chi connectivity index (χ2n) is 6.65. The van der Waals surface area contributed by atoms with Crippen molar-refractivity contribution in [1.29, 1.82) is 0 Å². The van der Waals surface area contributed by atoms with Gasteiger partial charge in [0.1, 0.15) is 17.0 Å². The highest BCUT2D eigenvalue weighted by molar-refractivity contribution is 7.19.